The summed E-state index contributed by atoms with van der Waals surface area (Å²) in [7, 11) is 3.38. The van der Waals surface area contributed by atoms with Crippen molar-refractivity contribution in [2.45, 2.75) is 13.8 Å². The minimum Gasteiger partial charge on any atom is -0.460 e. The molecule has 13 heavy (non-hydrogen) atoms. The molecule has 0 fully saturated rings. The highest BCUT2D eigenvalue weighted by Crippen LogP contribution is 2.22. The second-order valence-electron chi connectivity index (χ2n) is 2.82. The van der Waals surface area contributed by atoms with Gasteiger partial charge in [0, 0.05) is 0 Å². The van der Waals surface area contributed by atoms with E-state index in [1.807, 2.05) is 38.1 Å². The maximum Gasteiger partial charge on any atom is 0.149 e. The minimum atomic E-state index is 0.648. The molecule has 0 atom stereocenters. The molecule has 0 unspecified atom stereocenters. The monoisotopic (exact) mass is 190 g/mol. The van der Waals surface area contributed by atoms with Crippen molar-refractivity contribution < 1.29 is 4.74 Å². The van der Waals surface area contributed by atoms with Gasteiger partial charge >= 0.3 is 0 Å². The quantitative estimate of drug-likeness (QED) is 0.440. The van der Waals surface area contributed by atoms with Gasteiger partial charge in [-0.2, -0.15) is 0 Å². The summed E-state index contributed by atoms with van der Waals surface area (Å²) in [6, 6.07) is 7.42. The molecule has 0 saturated heterocycles. The molecule has 1 aromatic rings. The lowest BCUT2D eigenvalue weighted by Gasteiger charge is -2.09. The second kappa shape index (κ2) is 4.14. The van der Waals surface area contributed by atoms with E-state index in [9.17, 15) is 0 Å². The fraction of sp³-hybridized carbons (Fsp3) is 0.200. The summed E-state index contributed by atoms with van der Waals surface area (Å²) in [4.78, 5) is 0. The third-order valence-corrected chi connectivity index (χ3v) is 2.06. The Kier molecular flexibility index (Phi) is 3.14. The first-order valence-corrected chi connectivity index (χ1v) is 4.52. The summed E-state index contributed by atoms with van der Waals surface area (Å²) >= 11 is 0. The predicted molar refractivity (Wildman–Crippen MR) is 55.6 cm³/mol. The molecule has 0 saturated carbocycles. The Balaban J connectivity index is 2.87. The van der Waals surface area contributed by atoms with E-state index in [2.05, 4.69) is 10.2 Å². The summed E-state index contributed by atoms with van der Waals surface area (Å²) in [5.41, 5.74) is 6.35. The van der Waals surface area contributed by atoms with Gasteiger partial charge in [-0.05, 0) is 26.0 Å². The Hall–Kier alpha value is -1.22. The summed E-state index contributed by atoms with van der Waals surface area (Å²) in [5.74, 6) is 1.51. The lowest BCUT2D eigenvalue weighted by Crippen LogP contribution is -1.97. The molecule has 0 aliphatic carbocycles. The maximum absolute atomic E-state index is 5.71. The number of benzene rings is 1. The Morgan fingerprint density at radius 2 is 1.92 bits per heavy atom. The molecule has 0 aromatic heterocycles. The van der Waals surface area contributed by atoms with Crippen molar-refractivity contribution in [3.8, 4) is 5.75 Å². The summed E-state index contributed by atoms with van der Waals surface area (Å²) in [5, 5.41) is 0.961. The number of hydrogen-bond donors (Lipinski definition) is 1. The first-order chi connectivity index (χ1) is 6.11. The number of allylic oxidation sites excluding steroid dienone is 2. The number of anilines is 1. The van der Waals surface area contributed by atoms with Crippen LogP contribution in [-0.2, 0) is 0 Å². The largest absolute Gasteiger partial charge is 0.460 e. The molecule has 0 heterocycles. The van der Waals surface area contributed by atoms with E-state index in [0.717, 1.165) is 11.0 Å². The van der Waals surface area contributed by atoms with E-state index >= 15 is 0 Å². The Morgan fingerprint density at radius 3 is 2.46 bits per heavy atom. The average molecular weight is 190 g/mol. The van der Waals surface area contributed by atoms with Crippen LogP contribution in [0.1, 0.15) is 13.8 Å². The van der Waals surface area contributed by atoms with Crippen LogP contribution in [-0.4, -0.2) is 10.2 Å². The molecule has 3 heteroatoms. The van der Waals surface area contributed by atoms with Gasteiger partial charge < -0.3 is 10.5 Å². The van der Waals surface area contributed by atoms with Crippen LogP contribution < -0.4 is 10.5 Å². The highest BCUT2D eigenvalue weighted by molar-refractivity contribution is 6.21. The zero-order valence-electron chi connectivity index (χ0n) is 7.79. The SMILES string of the molecule is CC([Si])=C(C)Oc1ccccc1N. The van der Waals surface area contributed by atoms with Crippen LogP contribution in [0.2, 0.25) is 0 Å². The molecule has 67 valence electrons. The van der Waals surface area contributed by atoms with Gasteiger partial charge in [-0.1, -0.05) is 17.3 Å². The Bertz CT molecular complexity index is 329. The standard InChI is InChI=1S/C10H12NOSi/c1-7(8(2)13)12-10-6-4-3-5-9(10)11/h3-6H,11H2,1-2H3. The van der Waals surface area contributed by atoms with Crippen LogP contribution in [0.4, 0.5) is 5.69 Å². The van der Waals surface area contributed by atoms with Gasteiger partial charge in [0.1, 0.15) is 5.75 Å². The first-order valence-electron chi connectivity index (χ1n) is 4.02. The fourth-order valence-corrected chi connectivity index (χ4v) is 0.866. The molecule has 0 bridgehead atoms. The van der Waals surface area contributed by atoms with Crippen LogP contribution in [0.3, 0.4) is 0 Å². The second-order valence-corrected chi connectivity index (χ2v) is 3.57. The van der Waals surface area contributed by atoms with Crippen molar-refractivity contribution in [1.29, 1.82) is 0 Å². The zero-order chi connectivity index (χ0) is 9.84. The molecule has 0 spiro atoms. The van der Waals surface area contributed by atoms with Crippen LogP contribution in [0.25, 0.3) is 0 Å². The van der Waals surface area contributed by atoms with Gasteiger partial charge in [-0.3, -0.25) is 0 Å². The number of rotatable bonds is 2. The van der Waals surface area contributed by atoms with E-state index in [1.54, 1.807) is 0 Å². The lowest BCUT2D eigenvalue weighted by molar-refractivity contribution is 0.427. The normalized spacial score (nSPS) is 12.2. The molecular formula is C10H12NOSi. The van der Waals surface area contributed by atoms with E-state index in [0.29, 0.717) is 11.4 Å². The highest BCUT2D eigenvalue weighted by Gasteiger charge is 2.00. The first kappa shape index (κ1) is 9.86. The zero-order valence-corrected chi connectivity index (χ0v) is 8.79. The molecule has 0 aliphatic heterocycles. The molecule has 0 amide bonds. The van der Waals surface area contributed by atoms with Crippen LogP contribution in [0, 0.1) is 0 Å². The van der Waals surface area contributed by atoms with Gasteiger partial charge in [0.05, 0.1) is 21.7 Å². The number of para-hydroxylation sites is 2. The number of hydrogen-bond acceptors (Lipinski definition) is 2. The molecule has 1 aromatic carbocycles. The third-order valence-electron chi connectivity index (χ3n) is 1.71. The van der Waals surface area contributed by atoms with E-state index < -0.39 is 0 Å². The van der Waals surface area contributed by atoms with Crippen molar-refractivity contribution in [3.05, 3.63) is 35.2 Å². The molecule has 3 radical (unpaired) electrons. The van der Waals surface area contributed by atoms with Crippen molar-refractivity contribution in [2.75, 3.05) is 5.73 Å². The predicted octanol–water partition coefficient (Wildman–Crippen LogP) is 2.07. The van der Waals surface area contributed by atoms with Crippen LogP contribution >= 0.6 is 0 Å². The van der Waals surface area contributed by atoms with Gasteiger partial charge in [-0.15, -0.1) is 0 Å². The Labute approximate surface area is 81.8 Å². The van der Waals surface area contributed by atoms with Crippen molar-refractivity contribution >= 4 is 15.9 Å². The molecule has 2 nitrogen and oxygen atoms in total. The number of nitrogens with two attached hydrogens (primary N) is 1. The van der Waals surface area contributed by atoms with E-state index in [1.165, 1.54) is 0 Å². The van der Waals surface area contributed by atoms with Crippen LogP contribution in [0.5, 0.6) is 5.75 Å². The molecule has 1 rings (SSSR count). The number of nitrogen functional groups attached to an aromatic ring is 1. The third kappa shape index (κ3) is 2.63. The van der Waals surface area contributed by atoms with E-state index in [4.69, 9.17) is 10.5 Å². The topological polar surface area (TPSA) is 35.2 Å². The number of ether oxygens (including phenoxy) is 1. The highest BCUT2D eigenvalue weighted by atomic mass is 28.1. The molecule has 0 aliphatic rings. The summed E-state index contributed by atoms with van der Waals surface area (Å²) in [6.07, 6.45) is 0. The average Bonchev–Trinajstić information content (AvgIpc) is 2.08. The van der Waals surface area contributed by atoms with Gasteiger partial charge in [0.25, 0.3) is 0 Å². The molecular weight excluding hydrogens is 178 g/mol. The van der Waals surface area contributed by atoms with Crippen molar-refractivity contribution in [1.82, 2.24) is 0 Å². The minimum absolute atomic E-state index is 0.648. The van der Waals surface area contributed by atoms with E-state index in [-0.39, 0.29) is 0 Å². The van der Waals surface area contributed by atoms with Crippen molar-refractivity contribution in [3.63, 3.8) is 0 Å². The van der Waals surface area contributed by atoms with Crippen LogP contribution in [0.15, 0.2) is 35.2 Å². The Morgan fingerprint density at radius 1 is 1.31 bits per heavy atom. The lowest BCUT2D eigenvalue weighted by atomic mass is 10.3. The fourth-order valence-electron chi connectivity index (χ4n) is 0.815. The summed E-state index contributed by atoms with van der Waals surface area (Å²) in [6.45, 7) is 3.81. The smallest absolute Gasteiger partial charge is 0.149 e. The van der Waals surface area contributed by atoms with Gasteiger partial charge in [-0.25, -0.2) is 0 Å². The molecule has 2 N–H and O–H groups in total. The van der Waals surface area contributed by atoms with Gasteiger partial charge in [0.15, 0.2) is 0 Å². The van der Waals surface area contributed by atoms with Crippen molar-refractivity contribution in [2.24, 2.45) is 0 Å². The summed E-state index contributed by atoms with van der Waals surface area (Å²) < 4.78 is 5.51. The maximum atomic E-state index is 5.71. The van der Waals surface area contributed by atoms with Gasteiger partial charge in [0.2, 0.25) is 0 Å².